The molecule has 10 heteroatoms. The summed E-state index contributed by atoms with van der Waals surface area (Å²) in [5, 5.41) is 11.1. The van der Waals surface area contributed by atoms with E-state index in [4.69, 9.17) is 4.74 Å². The molecule has 1 N–H and O–H groups in total. The second-order valence-corrected chi connectivity index (χ2v) is 9.93. The molecule has 3 aromatic rings. The molecule has 33 heavy (non-hydrogen) atoms. The first-order valence-corrected chi connectivity index (χ1v) is 12.8. The summed E-state index contributed by atoms with van der Waals surface area (Å²) in [6.45, 7) is 5.51. The lowest BCUT2D eigenvalue weighted by Gasteiger charge is -2.33. The third-order valence-corrected chi connectivity index (χ3v) is 7.62. The number of aromatic nitrogens is 3. The molecule has 0 saturated carbocycles. The molecule has 1 aliphatic heterocycles. The normalized spacial score (nSPS) is 17.2. The van der Waals surface area contributed by atoms with Gasteiger partial charge in [0.05, 0.1) is 17.0 Å². The molecule has 2 heterocycles. The second kappa shape index (κ2) is 9.88. The van der Waals surface area contributed by atoms with Gasteiger partial charge in [-0.05, 0) is 68.7 Å². The van der Waals surface area contributed by atoms with Crippen molar-refractivity contribution in [2.75, 3.05) is 18.5 Å². The Bertz CT molecular complexity index is 1220. The highest BCUT2D eigenvalue weighted by Crippen LogP contribution is 2.28. The fraction of sp³-hybridized carbons (Fsp3) is 0.435. The number of hydrogen-bond acceptors (Lipinski definition) is 6. The number of anilines is 1. The number of amides is 1. The minimum Gasteiger partial charge on any atom is -0.494 e. The van der Waals surface area contributed by atoms with E-state index in [1.165, 1.54) is 4.31 Å². The Labute approximate surface area is 193 Å². The zero-order valence-electron chi connectivity index (χ0n) is 18.9. The summed E-state index contributed by atoms with van der Waals surface area (Å²) in [7, 11) is -3.88. The van der Waals surface area contributed by atoms with Crippen molar-refractivity contribution >= 4 is 32.7 Å². The van der Waals surface area contributed by atoms with Crippen LogP contribution >= 0.6 is 0 Å². The van der Waals surface area contributed by atoms with Crippen molar-refractivity contribution in [3.8, 4) is 5.75 Å². The number of carbonyl (C=O) groups is 1. The monoisotopic (exact) mass is 471 g/mol. The van der Waals surface area contributed by atoms with Crippen molar-refractivity contribution in [3.63, 3.8) is 0 Å². The van der Waals surface area contributed by atoms with E-state index in [1.54, 1.807) is 47.1 Å². The minimum absolute atomic E-state index is 0.124. The minimum atomic E-state index is -3.88. The molecule has 1 aliphatic rings. The van der Waals surface area contributed by atoms with Gasteiger partial charge in [0.25, 0.3) is 0 Å². The molecule has 1 amide bonds. The summed E-state index contributed by atoms with van der Waals surface area (Å²) in [6.07, 6.45) is 2.87. The van der Waals surface area contributed by atoms with Crippen molar-refractivity contribution in [2.24, 2.45) is 0 Å². The van der Waals surface area contributed by atoms with Crippen LogP contribution in [-0.2, 0) is 21.4 Å². The largest absolute Gasteiger partial charge is 0.494 e. The maximum absolute atomic E-state index is 13.5. The molecular formula is C23H29N5O4S. The van der Waals surface area contributed by atoms with Gasteiger partial charge in [-0.2, -0.15) is 4.31 Å². The van der Waals surface area contributed by atoms with Gasteiger partial charge in [-0.1, -0.05) is 18.6 Å². The van der Waals surface area contributed by atoms with Crippen LogP contribution in [0.1, 0.15) is 39.5 Å². The van der Waals surface area contributed by atoms with E-state index in [0.29, 0.717) is 49.5 Å². The average Bonchev–Trinajstić information content (AvgIpc) is 3.23. The van der Waals surface area contributed by atoms with Crippen LogP contribution in [0.3, 0.4) is 0 Å². The Morgan fingerprint density at radius 1 is 1.15 bits per heavy atom. The Hall–Kier alpha value is -2.98. The Balaban J connectivity index is 1.56. The number of aryl methyl sites for hydroxylation is 1. The van der Waals surface area contributed by atoms with Crippen LogP contribution in [0.25, 0.3) is 11.0 Å². The number of nitrogens with zero attached hydrogens (tertiary/aromatic N) is 4. The number of carbonyl (C=O) groups excluding carboxylic acids is 1. The third-order valence-electron chi connectivity index (χ3n) is 5.72. The SMILES string of the molecule is CCCn1nnc2cc(S(=O)(=O)N3CCCCC3C(=O)Nc3ccc(OCC)cc3)ccc21. The van der Waals surface area contributed by atoms with Gasteiger partial charge in [-0.25, -0.2) is 13.1 Å². The first kappa shape index (κ1) is 23.2. The number of benzene rings is 2. The highest BCUT2D eigenvalue weighted by Gasteiger charge is 2.38. The van der Waals surface area contributed by atoms with Crippen LogP contribution < -0.4 is 10.1 Å². The number of ether oxygens (including phenoxy) is 1. The second-order valence-electron chi connectivity index (χ2n) is 8.04. The summed E-state index contributed by atoms with van der Waals surface area (Å²) in [6, 6.07) is 11.1. The Morgan fingerprint density at radius 2 is 1.94 bits per heavy atom. The zero-order valence-corrected chi connectivity index (χ0v) is 19.7. The van der Waals surface area contributed by atoms with Crippen LogP contribution in [0.5, 0.6) is 5.75 Å². The van der Waals surface area contributed by atoms with E-state index in [2.05, 4.69) is 15.6 Å². The van der Waals surface area contributed by atoms with Gasteiger partial charge in [0.15, 0.2) is 0 Å². The summed E-state index contributed by atoms with van der Waals surface area (Å²) in [5.41, 5.74) is 1.91. The lowest BCUT2D eigenvalue weighted by atomic mass is 10.0. The highest BCUT2D eigenvalue weighted by molar-refractivity contribution is 7.89. The Kier molecular flexibility index (Phi) is 6.94. The quantitative estimate of drug-likeness (QED) is 0.540. The molecule has 0 bridgehead atoms. The number of rotatable bonds is 8. The molecule has 1 unspecified atom stereocenters. The molecule has 1 atom stereocenters. The zero-order chi connectivity index (χ0) is 23.4. The van der Waals surface area contributed by atoms with Gasteiger partial charge in [0, 0.05) is 18.8 Å². The first-order chi connectivity index (χ1) is 15.9. The smallest absolute Gasteiger partial charge is 0.243 e. The van der Waals surface area contributed by atoms with Crippen LogP contribution in [0, 0.1) is 0 Å². The molecule has 176 valence electrons. The third kappa shape index (κ3) is 4.86. The molecule has 0 aliphatic carbocycles. The summed E-state index contributed by atoms with van der Waals surface area (Å²) in [4.78, 5) is 13.2. The Morgan fingerprint density at radius 3 is 2.67 bits per heavy atom. The number of hydrogen-bond donors (Lipinski definition) is 1. The van der Waals surface area contributed by atoms with E-state index >= 15 is 0 Å². The molecule has 4 rings (SSSR count). The molecule has 2 aromatic carbocycles. The predicted molar refractivity (Wildman–Crippen MR) is 126 cm³/mol. The fourth-order valence-electron chi connectivity index (χ4n) is 4.11. The summed E-state index contributed by atoms with van der Waals surface area (Å²) < 4.78 is 35.6. The van der Waals surface area contributed by atoms with Gasteiger partial charge in [-0.15, -0.1) is 5.10 Å². The van der Waals surface area contributed by atoms with Crippen LogP contribution in [-0.4, -0.2) is 52.8 Å². The molecule has 1 aromatic heterocycles. The molecular weight excluding hydrogens is 442 g/mol. The van der Waals surface area contributed by atoms with Crippen molar-refractivity contribution < 1.29 is 17.9 Å². The number of fused-ring (bicyclic) bond motifs is 1. The summed E-state index contributed by atoms with van der Waals surface area (Å²) in [5.74, 6) is 0.376. The van der Waals surface area contributed by atoms with Crippen molar-refractivity contribution in [3.05, 3.63) is 42.5 Å². The van der Waals surface area contributed by atoms with E-state index in [-0.39, 0.29) is 10.8 Å². The van der Waals surface area contributed by atoms with E-state index < -0.39 is 16.1 Å². The number of nitrogens with one attached hydrogen (secondary N) is 1. The van der Waals surface area contributed by atoms with Crippen molar-refractivity contribution in [2.45, 2.75) is 57.0 Å². The van der Waals surface area contributed by atoms with E-state index in [9.17, 15) is 13.2 Å². The molecule has 1 fully saturated rings. The van der Waals surface area contributed by atoms with Gasteiger partial charge in [-0.3, -0.25) is 4.79 Å². The predicted octanol–water partition coefficient (Wildman–Crippen LogP) is 3.42. The molecule has 1 saturated heterocycles. The van der Waals surface area contributed by atoms with Gasteiger partial charge in [0.2, 0.25) is 15.9 Å². The lowest BCUT2D eigenvalue weighted by Crippen LogP contribution is -2.49. The molecule has 0 spiro atoms. The molecule has 0 radical (unpaired) electrons. The first-order valence-electron chi connectivity index (χ1n) is 11.3. The fourth-order valence-corrected chi connectivity index (χ4v) is 5.78. The molecule has 9 nitrogen and oxygen atoms in total. The van der Waals surface area contributed by atoms with Crippen molar-refractivity contribution in [1.82, 2.24) is 19.3 Å². The number of sulfonamides is 1. The topological polar surface area (TPSA) is 106 Å². The maximum atomic E-state index is 13.5. The van der Waals surface area contributed by atoms with E-state index in [0.717, 1.165) is 18.4 Å². The van der Waals surface area contributed by atoms with Crippen LogP contribution in [0.4, 0.5) is 5.69 Å². The average molecular weight is 472 g/mol. The number of piperidine rings is 1. The van der Waals surface area contributed by atoms with Gasteiger partial charge in [0.1, 0.15) is 17.3 Å². The van der Waals surface area contributed by atoms with Crippen LogP contribution in [0.15, 0.2) is 47.4 Å². The van der Waals surface area contributed by atoms with Crippen LogP contribution in [0.2, 0.25) is 0 Å². The highest BCUT2D eigenvalue weighted by atomic mass is 32.2. The maximum Gasteiger partial charge on any atom is 0.243 e. The standard InChI is InChI=1S/C23H29N5O4S/c1-3-14-27-21-13-12-19(16-20(21)25-26-27)33(30,31)28-15-6-5-7-22(28)23(29)24-17-8-10-18(11-9-17)32-4-2/h8-13,16,22H,3-7,14-15H2,1-2H3,(H,24,29). The van der Waals surface area contributed by atoms with Crippen molar-refractivity contribution in [1.29, 1.82) is 0 Å². The van der Waals surface area contributed by atoms with E-state index in [1.807, 2.05) is 13.8 Å². The lowest BCUT2D eigenvalue weighted by molar-refractivity contribution is -0.120. The summed E-state index contributed by atoms with van der Waals surface area (Å²) >= 11 is 0. The van der Waals surface area contributed by atoms with Gasteiger partial charge < -0.3 is 10.1 Å². The van der Waals surface area contributed by atoms with Gasteiger partial charge >= 0.3 is 0 Å².